The number of thioether (sulfide) groups is 1. The van der Waals surface area contributed by atoms with Gasteiger partial charge in [-0.3, -0.25) is 9.36 Å². The highest BCUT2D eigenvalue weighted by atomic mass is 32.2. The van der Waals surface area contributed by atoms with Crippen LogP contribution >= 0.6 is 11.8 Å². The van der Waals surface area contributed by atoms with E-state index in [1.54, 1.807) is 25.2 Å². The van der Waals surface area contributed by atoms with Gasteiger partial charge in [0.2, 0.25) is 0 Å². The van der Waals surface area contributed by atoms with Crippen molar-refractivity contribution in [2.24, 2.45) is 7.05 Å². The van der Waals surface area contributed by atoms with Crippen LogP contribution in [-0.2, 0) is 7.05 Å². The first-order valence-electron chi connectivity index (χ1n) is 8.14. The molecule has 2 aromatic rings. The Hall–Kier alpha value is -1.69. The molecule has 0 radical (unpaired) electrons. The van der Waals surface area contributed by atoms with Crippen LogP contribution in [0.5, 0.6) is 0 Å². The van der Waals surface area contributed by atoms with E-state index in [1.807, 2.05) is 11.8 Å². The molecule has 3 rings (SSSR count). The summed E-state index contributed by atoms with van der Waals surface area (Å²) in [6.07, 6.45) is 6.67. The number of nitrogens with zero attached hydrogens (tertiary/aromatic N) is 1. The van der Waals surface area contributed by atoms with Crippen LogP contribution in [0.15, 0.2) is 27.4 Å². The number of nitrogens with one attached hydrogen (secondary N) is 1. The summed E-state index contributed by atoms with van der Waals surface area (Å²) in [5.74, 6) is 0.425. The molecule has 1 aliphatic rings. The Balaban J connectivity index is 1.53. The molecule has 1 heterocycles. The molecule has 124 valence electrons. The maximum Gasteiger partial charge on any atom is 0.419 e. The van der Waals surface area contributed by atoms with Gasteiger partial charge < -0.3 is 9.73 Å². The lowest BCUT2D eigenvalue weighted by Crippen LogP contribution is -2.26. The predicted molar refractivity (Wildman–Crippen MR) is 93.1 cm³/mol. The first kappa shape index (κ1) is 16.2. The van der Waals surface area contributed by atoms with Crippen LogP contribution in [0.3, 0.4) is 0 Å². The van der Waals surface area contributed by atoms with Gasteiger partial charge in [0.15, 0.2) is 5.58 Å². The molecular weight excluding hydrogens is 312 g/mol. The first-order chi connectivity index (χ1) is 11.1. The molecule has 0 bridgehead atoms. The minimum absolute atomic E-state index is 0.107. The van der Waals surface area contributed by atoms with E-state index in [1.165, 1.54) is 36.7 Å². The average Bonchev–Trinajstić information content (AvgIpc) is 2.86. The number of hydrogen-bond donors (Lipinski definition) is 1. The minimum atomic E-state index is -0.415. The maximum atomic E-state index is 12.2. The van der Waals surface area contributed by atoms with Gasteiger partial charge in [0.1, 0.15) is 0 Å². The number of aryl methyl sites for hydroxylation is 1. The van der Waals surface area contributed by atoms with E-state index in [9.17, 15) is 9.59 Å². The molecular formula is C17H22N2O3S. The lowest BCUT2D eigenvalue weighted by atomic mass is 10.0. The summed E-state index contributed by atoms with van der Waals surface area (Å²) >= 11 is 1.97. The standard InChI is InChI=1S/C17H22N2O3S/c1-19-14-11-12(7-8-15(14)22-17(19)21)16(20)18-9-10-23-13-5-3-2-4-6-13/h7-8,11,13H,2-6,9-10H2,1H3,(H,18,20). The quantitative estimate of drug-likeness (QED) is 0.854. The van der Waals surface area contributed by atoms with Crippen molar-refractivity contribution in [3.63, 3.8) is 0 Å². The van der Waals surface area contributed by atoms with E-state index >= 15 is 0 Å². The van der Waals surface area contributed by atoms with E-state index in [-0.39, 0.29) is 5.91 Å². The van der Waals surface area contributed by atoms with Gasteiger partial charge in [-0.05, 0) is 31.0 Å². The molecule has 1 fully saturated rings. The van der Waals surface area contributed by atoms with Crippen LogP contribution in [0.1, 0.15) is 42.5 Å². The molecule has 23 heavy (non-hydrogen) atoms. The van der Waals surface area contributed by atoms with Crippen LogP contribution in [0.2, 0.25) is 0 Å². The van der Waals surface area contributed by atoms with Gasteiger partial charge in [-0.15, -0.1) is 0 Å². The third-order valence-electron chi connectivity index (χ3n) is 4.35. The van der Waals surface area contributed by atoms with Crippen molar-refractivity contribution < 1.29 is 9.21 Å². The van der Waals surface area contributed by atoms with Gasteiger partial charge in [0.05, 0.1) is 5.52 Å². The summed E-state index contributed by atoms with van der Waals surface area (Å²) in [5.41, 5.74) is 1.69. The fourth-order valence-corrected chi connectivity index (χ4v) is 4.21. The zero-order chi connectivity index (χ0) is 16.2. The predicted octanol–water partition coefficient (Wildman–Crippen LogP) is 2.93. The Kier molecular flexibility index (Phi) is 5.10. The molecule has 0 saturated heterocycles. The zero-order valence-electron chi connectivity index (χ0n) is 13.3. The summed E-state index contributed by atoms with van der Waals surface area (Å²) in [7, 11) is 1.64. The number of carbonyl (C=O) groups is 1. The summed E-state index contributed by atoms with van der Waals surface area (Å²) in [4.78, 5) is 23.7. The molecule has 0 aliphatic heterocycles. The normalized spacial score (nSPS) is 15.9. The molecule has 0 unspecified atom stereocenters. The van der Waals surface area contributed by atoms with Crippen LogP contribution in [0, 0.1) is 0 Å². The highest BCUT2D eigenvalue weighted by molar-refractivity contribution is 7.99. The van der Waals surface area contributed by atoms with Crippen LogP contribution in [-0.4, -0.2) is 28.0 Å². The average molecular weight is 334 g/mol. The molecule has 0 atom stereocenters. The Bertz CT molecular complexity index is 744. The Morgan fingerprint density at radius 1 is 1.35 bits per heavy atom. The molecule has 1 saturated carbocycles. The molecule has 6 heteroatoms. The topological polar surface area (TPSA) is 64.2 Å². The number of benzene rings is 1. The molecule has 0 spiro atoms. The largest absolute Gasteiger partial charge is 0.419 e. The lowest BCUT2D eigenvalue weighted by molar-refractivity contribution is 0.0956. The van der Waals surface area contributed by atoms with Gasteiger partial charge in [-0.1, -0.05) is 19.3 Å². The van der Waals surface area contributed by atoms with Crippen LogP contribution < -0.4 is 11.1 Å². The van der Waals surface area contributed by atoms with Crippen LogP contribution in [0.25, 0.3) is 11.1 Å². The Morgan fingerprint density at radius 2 is 2.13 bits per heavy atom. The molecule has 1 aromatic heterocycles. The molecule has 1 N–H and O–H groups in total. The minimum Gasteiger partial charge on any atom is -0.408 e. The van der Waals surface area contributed by atoms with Crippen molar-refractivity contribution in [1.82, 2.24) is 9.88 Å². The molecule has 1 aliphatic carbocycles. The number of carbonyl (C=O) groups excluding carboxylic acids is 1. The van der Waals surface area contributed by atoms with E-state index in [0.29, 0.717) is 23.2 Å². The van der Waals surface area contributed by atoms with Gasteiger partial charge in [0, 0.05) is 30.2 Å². The number of fused-ring (bicyclic) bond motifs is 1. The van der Waals surface area contributed by atoms with Crippen LogP contribution in [0.4, 0.5) is 0 Å². The third-order valence-corrected chi connectivity index (χ3v) is 5.73. The summed E-state index contributed by atoms with van der Waals surface area (Å²) < 4.78 is 6.48. The fraction of sp³-hybridized carbons (Fsp3) is 0.529. The summed E-state index contributed by atoms with van der Waals surface area (Å²) in [6, 6.07) is 5.06. The number of hydrogen-bond acceptors (Lipinski definition) is 4. The monoisotopic (exact) mass is 334 g/mol. The number of oxazole rings is 1. The second-order valence-corrected chi connectivity index (χ2v) is 7.40. The van der Waals surface area contributed by atoms with E-state index in [0.717, 1.165) is 11.0 Å². The van der Waals surface area contributed by atoms with Gasteiger partial charge in [-0.2, -0.15) is 11.8 Å². The first-order valence-corrected chi connectivity index (χ1v) is 9.19. The fourth-order valence-electron chi connectivity index (χ4n) is 2.99. The van der Waals surface area contributed by atoms with E-state index < -0.39 is 5.76 Å². The number of amides is 1. The molecule has 5 nitrogen and oxygen atoms in total. The molecule has 1 aromatic carbocycles. The SMILES string of the molecule is Cn1c(=O)oc2ccc(C(=O)NCCSC3CCCCC3)cc21. The lowest BCUT2D eigenvalue weighted by Gasteiger charge is -2.20. The van der Waals surface area contributed by atoms with E-state index in [4.69, 9.17) is 4.42 Å². The zero-order valence-corrected chi connectivity index (χ0v) is 14.2. The summed E-state index contributed by atoms with van der Waals surface area (Å²) in [6.45, 7) is 0.669. The highest BCUT2D eigenvalue weighted by Gasteiger charge is 2.14. The number of aromatic nitrogens is 1. The Morgan fingerprint density at radius 3 is 2.91 bits per heavy atom. The number of rotatable bonds is 5. The van der Waals surface area contributed by atoms with Crippen molar-refractivity contribution >= 4 is 28.8 Å². The summed E-state index contributed by atoms with van der Waals surface area (Å²) in [5, 5.41) is 3.71. The highest BCUT2D eigenvalue weighted by Crippen LogP contribution is 2.27. The van der Waals surface area contributed by atoms with Crippen molar-refractivity contribution in [2.75, 3.05) is 12.3 Å². The van der Waals surface area contributed by atoms with E-state index in [2.05, 4.69) is 5.32 Å². The second-order valence-electron chi connectivity index (χ2n) is 6.00. The second kappa shape index (κ2) is 7.25. The van der Waals surface area contributed by atoms with Gasteiger partial charge in [-0.25, -0.2) is 4.79 Å². The maximum absolute atomic E-state index is 12.2. The third kappa shape index (κ3) is 3.80. The van der Waals surface area contributed by atoms with Gasteiger partial charge in [0.25, 0.3) is 5.91 Å². The van der Waals surface area contributed by atoms with Crippen molar-refractivity contribution in [3.8, 4) is 0 Å². The van der Waals surface area contributed by atoms with Crippen molar-refractivity contribution in [1.29, 1.82) is 0 Å². The molecule has 1 amide bonds. The Labute approximate surface area is 139 Å². The van der Waals surface area contributed by atoms with Gasteiger partial charge >= 0.3 is 5.76 Å². The smallest absolute Gasteiger partial charge is 0.408 e. The van der Waals surface area contributed by atoms with Crippen molar-refractivity contribution in [2.45, 2.75) is 37.4 Å². The van der Waals surface area contributed by atoms with Crippen molar-refractivity contribution in [3.05, 3.63) is 34.3 Å².